The molecule has 2 rings (SSSR count). The number of rotatable bonds is 7. The number of halogens is 4. The second-order valence-electron chi connectivity index (χ2n) is 6.10. The molecule has 0 spiro atoms. The van der Waals surface area contributed by atoms with E-state index in [1.54, 1.807) is 0 Å². The maximum Gasteiger partial charge on any atom is 0.416 e. The summed E-state index contributed by atoms with van der Waals surface area (Å²) >= 11 is 0. The van der Waals surface area contributed by atoms with Gasteiger partial charge in [-0.05, 0) is 43.0 Å². The van der Waals surface area contributed by atoms with Crippen molar-refractivity contribution in [2.24, 2.45) is 0 Å². The zero-order valence-corrected chi connectivity index (χ0v) is 13.7. The van der Waals surface area contributed by atoms with E-state index in [9.17, 15) is 17.6 Å². The van der Waals surface area contributed by atoms with Crippen LogP contribution >= 0.6 is 0 Å². The second kappa shape index (κ2) is 8.62. The van der Waals surface area contributed by atoms with Crippen LogP contribution in [0.1, 0.15) is 42.9 Å². The van der Waals surface area contributed by atoms with Gasteiger partial charge in [-0.25, -0.2) is 4.39 Å². The average molecular weight is 344 g/mol. The molecule has 0 radical (unpaired) electrons. The third kappa shape index (κ3) is 5.05. The number of hydrogen-bond acceptors (Lipinski definition) is 2. The lowest BCUT2D eigenvalue weighted by Gasteiger charge is -2.36. The number of unbranched alkanes of at least 4 members (excludes halogenated alkanes) is 2. The number of piperazine rings is 1. The van der Waals surface area contributed by atoms with Crippen LogP contribution in [0, 0.1) is 5.82 Å². The molecule has 1 N–H and O–H groups in total. The Hall–Kier alpha value is -1.40. The van der Waals surface area contributed by atoms with E-state index >= 15 is 0 Å². The van der Waals surface area contributed by atoms with Gasteiger partial charge < -0.3 is 5.32 Å². The summed E-state index contributed by atoms with van der Waals surface area (Å²) in [4.78, 5) is 2.04. The van der Waals surface area contributed by atoms with Crippen molar-refractivity contribution in [1.82, 2.24) is 10.2 Å². The van der Waals surface area contributed by atoms with E-state index in [1.807, 2.05) is 11.0 Å². The number of benzene rings is 1. The molecule has 1 heterocycles. The van der Waals surface area contributed by atoms with Gasteiger partial charge in [-0.1, -0.05) is 12.5 Å². The molecule has 1 aliphatic rings. The maximum absolute atomic E-state index is 13.7. The minimum atomic E-state index is -4.48. The Morgan fingerprint density at radius 1 is 1.21 bits per heavy atom. The van der Waals surface area contributed by atoms with E-state index in [1.165, 1.54) is 0 Å². The molecule has 1 aromatic carbocycles. The van der Waals surface area contributed by atoms with Gasteiger partial charge >= 0.3 is 6.18 Å². The molecule has 6 heteroatoms. The van der Waals surface area contributed by atoms with E-state index in [4.69, 9.17) is 0 Å². The monoisotopic (exact) mass is 344 g/mol. The highest BCUT2D eigenvalue weighted by Gasteiger charge is 2.36. The Morgan fingerprint density at radius 2 is 1.92 bits per heavy atom. The van der Waals surface area contributed by atoms with Crippen LogP contribution in [0.25, 0.3) is 0 Å². The van der Waals surface area contributed by atoms with Crippen molar-refractivity contribution in [1.29, 1.82) is 0 Å². The van der Waals surface area contributed by atoms with E-state index in [0.29, 0.717) is 19.5 Å². The predicted molar refractivity (Wildman–Crippen MR) is 87.3 cm³/mol. The SMILES string of the molecule is C=CCCCC[C@@H](c1cc(F)ccc1C(F)(F)F)N1CCNCC1. The standard InChI is InChI=1S/C18H24F4N2/c1-2-3-4-5-6-17(24-11-9-23-10-12-24)15-13-14(19)7-8-16(15)18(20,21)22/h2,7-8,13,17,23H,1,3-6,9-12H2/t17-/m0/s1. The third-order valence-corrected chi connectivity index (χ3v) is 4.41. The lowest BCUT2D eigenvalue weighted by molar-refractivity contribution is -0.138. The Balaban J connectivity index is 2.30. The number of nitrogens with zero attached hydrogens (tertiary/aromatic N) is 1. The zero-order valence-electron chi connectivity index (χ0n) is 13.7. The quantitative estimate of drug-likeness (QED) is 0.444. The molecule has 2 nitrogen and oxygen atoms in total. The molecule has 1 aromatic rings. The molecule has 0 unspecified atom stereocenters. The van der Waals surface area contributed by atoms with Gasteiger partial charge in [0.25, 0.3) is 0 Å². The predicted octanol–water partition coefficient (Wildman–Crippen LogP) is 4.54. The van der Waals surface area contributed by atoms with Crippen LogP contribution in [0.3, 0.4) is 0 Å². The van der Waals surface area contributed by atoms with E-state index in [-0.39, 0.29) is 5.56 Å². The molecule has 0 saturated carbocycles. The molecule has 0 bridgehead atoms. The number of alkyl halides is 3. The Kier molecular flexibility index (Phi) is 6.80. The van der Waals surface area contributed by atoms with Gasteiger partial charge in [-0.3, -0.25) is 4.90 Å². The van der Waals surface area contributed by atoms with Crippen molar-refractivity contribution in [2.75, 3.05) is 26.2 Å². The highest BCUT2D eigenvalue weighted by atomic mass is 19.4. The molecular weight excluding hydrogens is 320 g/mol. The average Bonchev–Trinajstić information content (AvgIpc) is 2.54. The topological polar surface area (TPSA) is 15.3 Å². The fraction of sp³-hybridized carbons (Fsp3) is 0.556. The Morgan fingerprint density at radius 3 is 2.54 bits per heavy atom. The first-order valence-electron chi connectivity index (χ1n) is 8.36. The largest absolute Gasteiger partial charge is 0.416 e. The smallest absolute Gasteiger partial charge is 0.314 e. The van der Waals surface area contributed by atoms with Gasteiger partial charge in [-0.2, -0.15) is 13.2 Å². The van der Waals surface area contributed by atoms with Crippen molar-refractivity contribution >= 4 is 0 Å². The first kappa shape index (κ1) is 18.9. The summed E-state index contributed by atoms with van der Waals surface area (Å²) in [5.41, 5.74) is -0.667. The van der Waals surface area contributed by atoms with Gasteiger partial charge in [0, 0.05) is 32.2 Å². The van der Waals surface area contributed by atoms with Crippen LogP contribution in [0.5, 0.6) is 0 Å². The molecule has 0 amide bonds. The Labute approximate surface area is 140 Å². The molecular formula is C18H24F4N2. The minimum Gasteiger partial charge on any atom is -0.314 e. The normalized spacial score (nSPS) is 17.7. The Bertz CT molecular complexity index is 536. The fourth-order valence-corrected chi connectivity index (χ4v) is 3.22. The first-order valence-corrected chi connectivity index (χ1v) is 8.36. The maximum atomic E-state index is 13.7. The molecule has 134 valence electrons. The molecule has 1 aliphatic heterocycles. The molecule has 1 saturated heterocycles. The van der Waals surface area contributed by atoms with Crippen molar-refractivity contribution in [2.45, 2.75) is 37.9 Å². The van der Waals surface area contributed by atoms with Crippen molar-refractivity contribution in [3.8, 4) is 0 Å². The van der Waals surface area contributed by atoms with E-state index in [2.05, 4.69) is 11.9 Å². The minimum absolute atomic E-state index is 0.0583. The summed E-state index contributed by atoms with van der Waals surface area (Å²) in [6, 6.07) is 2.40. The highest BCUT2D eigenvalue weighted by Crippen LogP contribution is 2.38. The van der Waals surface area contributed by atoms with Gasteiger partial charge in [0.1, 0.15) is 5.82 Å². The number of nitrogens with one attached hydrogen (secondary N) is 1. The zero-order chi connectivity index (χ0) is 17.6. The van der Waals surface area contributed by atoms with Crippen molar-refractivity contribution < 1.29 is 17.6 Å². The summed E-state index contributed by atoms with van der Waals surface area (Å²) in [5.74, 6) is -0.621. The number of hydrogen-bond donors (Lipinski definition) is 1. The van der Waals surface area contributed by atoms with Gasteiger partial charge in [0.05, 0.1) is 5.56 Å². The first-order chi connectivity index (χ1) is 11.4. The highest BCUT2D eigenvalue weighted by molar-refractivity contribution is 5.33. The molecule has 0 aromatic heterocycles. The fourth-order valence-electron chi connectivity index (χ4n) is 3.22. The van der Waals surface area contributed by atoms with Crippen LogP contribution in [0.15, 0.2) is 30.9 Å². The van der Waals surface area contributed by atoms with E-state index in [0.717, 1.165) is 50.6 Å². The summed E-state index contributed by atoms with van der Waals surface area (Å²) in [5, 5.41) is 3.20. The van der Waals surface area contributed by atoms with Gasteiger partial charge in [0.15, 0.2) is 0 Å². The summed E-state index contributed by atoms with van der Waals surface area (Å²) < 4.78 is 53.8. The summed E-state index contributed by atoms with van der Waals surface area (Å²) in [6.45, 7) is 6.47. The van der Waals surface area contributed by atoms with Gasteiger partial charge in [-0.15, -0.1) is 6.58 Å². The number of allylic oxidation sites excluding steroid dienone is 1. The van der Waals surface area contributed by atoms with Crippen LogP contribution < -0.4 is 5.32 Å². The molecule has 1 atom stereocenters. The molecule has 1 fully saturated rings. The van der Waals surface area contributed by atoms with Gasteiger partial charge in [0.2, 0.25) is 0 Å². The molecule has 24 heavy (non-hydrogen) atoms. The van der Waals surface area contributed by atoms with Crippen LogP contribution in [0.4, 0.5) is 17.6 Å². The van der Waals surface area contributed by atoms with Crippen LogP contribution in [-0.4, -0.2) is 31.1 Å². The van der Waals surface area contributed by atoms with Crippen molar-refractivity contribution in [3.63, 3.8) is 0 Å². The van der Waals surface area contributed by atoms with Crippen LogP contribution in [-0.2, 0) is 6.18 Å². The lowest BCUT2D eigenvalue weighted by atomic mass is 9.93. The second-order valence-corrected chi connectivity index (χ2v) is 6.10. The summed E-state index contributed by atoms with van der Waals surface area (Å²) in [7, 11) is 0. The summed E-state index contributed by atoms with van der Waals surface area (Å²) in [6.07, 6.45) is 0.417. The lowest BCUT2D eigenvalue weighted by Crippen LogP contribution is -2.45. The van der Waals surface area contributed by atoms with Crippen LogP contribution in [0.2, 0.25) is 0 Å². The van der Waals surface area contributed by atoms with E-state index < -0.39 is 23.6 Å². The third-order valence-electron chi connectivity index (χ3n) is 4.41. The van der Waals surface area contributed by atoms with Crippen molar-refractivity contribution in [3.05, 3.63) is 47.8 Å². The molecule has 0 aliphatic carbocycles.